The number of aromatic hydroxyl groups is 1. The van der Waals surface area contributed by atoms with Crippen molar-refractivity contribution < 1.29 is 24.3 Å². The van der Waals surface area contributed by atoms with E-state index in [-0.39, 0.29) is 35.6 Å². The van der Waals surface area contributed by atoms with Crippen LogP contribution in [0, 0.1) is 23.7 Å². The molecule has 1 saturated carbocycles. The molecule has 1 N–H and O–H groups in total. The van der Waals surface area contributed by atoms with Gasteiger partial charge in [0.1, 0.15) is 5.75 Å². The molecular formula is C45H37NO5. The van der Waals surface area contributed by atoms with Crippen LogP contribution in [-0.2, 0) is 31.0 Å². The van der Waals surface area contributed by atoms with Crippen LogP contribution in [0.1, 0.15) is 46.6 Å². The van der Waals surface area contributed by atoms with Crippen LogP contribution in [0.5, 0.6) is 5.75 Å². The third-order valence-corrected chi connectivity index (χ3v) is 11.6. The first kappa shape index (κ1) is 32.3. The van der Waals surface area contributed by atoms with Crippen LogP contribution in [-0.4, -0.2) is 28.5 Å². The number of phenols is 1. The van der Waals surface area contributed by atoms with Gasteiger partial charge in [-0.3, -0.25) is 24.1 Å². The van der Waals surface area contributed by atoms with Crippen LogP contribution >= 0.6 is 0 Å². The minimum Gasteiger partial charge on any atom is -0.507 e. The number of amides is 2. The SMILES string of the molecule is C=CCc1cccc([C@H]2C3=CC[C@@H]4C(=O)N(c5ccc(C=C)cc5)C(=O)[C@@H]4[C@@H]3C[C@H]3C(=O)C(c4ccccc4)=CC(=O)[C@@]23c2ccccc2)c1O. The summed E-state index contributed by atoms with van der Waals surface area (Å²) in [5, 5.41) is 12.0. The lowest BCUT2D eigenvalue weighted by atomic mass is 9.44. The number of ketones is 2. The largest absolute Gasteiger partial charge is 0.507 e. The molecule has 8 rings (SSSR count). The lowest BCUT2D eigenvalue weighted by Crippen LogP contribution is -2.58. The summed E-state index contributed by atoms with van der Waals surface area (Å²) in [5.74, 6) is -4.51. The highest BCUT2D eigenvalue weighted by molar-refractivity contribution is 6.32. The van der Waals surface area contributed by atoms with Gasteiger partial charge in [0.15, 0.2) is 11.6 Å². The smallest absolute Gasteiger partial charge is 0.238 e. The van der Waals surface area contributed by atoms with Crippen molar-refractivity contribution in [3.63, 3.8) is 0 Å². The standard InChI is InChI=1S/C45H37NO5/c1-3-12-29-15-11-18-34(41(29)48)40-32-23-24-33-39(44(51)46(43(33)50)31-21-19-27(4-2)20-22-31)36(32)25-37-42(49)35(28-13-7-5-8-14-28)26-38(47)45(37,40)30-16-9-6-10-17-30/h3-11,13-23,26,33,36-37,39-40,48H,1-2,12,24-25H2/t33-,36+,37-,39-,40+,45-/m0/s1. The van der Waals surface area contributed by atoms with E-state index in [4.69, 9.17) is 0 Å². The van der Waals surface area contributed by atoms with Gasteiger partial charge in [0.25, 0.3) is 0 Å². The number of carbonyl (C=O) groups excluding carboxylic acids is 4. The average molecular weight is 672 g/mol. The van der Waals surface area contributed by atoms with Crippen LogP contribution < -0.4 is 4.90 Å². The Morgan fingerprint density at radius 2 is 1.51 bits per heavy atom. The molecule has 0 aromatic heterocycles. The van der Waals surface area contributed by atoms with Crippen molar-refractivity contribution in [1.82, 2.24) is 0 Å². The molecule has 4 aromatic rings. The first-order valence-electron chi connectivity index (χ1n) is 17.4. The Kier molecular flexibility index (Phi) is 7.90. The van der Waals surface area contributed by atoms with Crippen LogP contribution in [0.3, 0.4) is 0 Å². The number of benzene rings is 4. The number of imide groups is 1. The zero-order chi connectivity index (χ0) is 35.4. The maximum Gasteiger partial charge on any atom is 0.238 e. The summed E-state index contributed by atoms with van der Waals surface area (Å²) in [6.07, 6.45) is 7.82. The topological polar surface area (TPSA) is 91.8 Å². The number of anilines is 1. The van der Waals surface area contributed by atoms with Gasteiger partial charge in [0, 0.05) is 23.0 Å². The number of allylic oxidation sites excluding steroid dienone is 5. The second-order valence-corrected chi connectivity index (χ2v) is 13.9. The Bertz CT molecular complexity index is 2180. The number of phenolic OH excluding ortho intramolecular Hbond substituents is 1. The van der Waals surface area contributed by atoms with Crippen molar-refractivity contribution in [2.45, 2.75) is 30.6 Å². The minimum absolute atomic E-state index is 0.0379. The molecule has 2 fully saturated rings. The molecule has 3 aliphatic carbocycles. The van der Waals surface area contributed by atoms with E-state index in [9.17, 15) is 14.7 Å². The van der Waals surface area contributed by atoms with Crippen molar-refractivity contribution in [3.8, 4) is 5.75 Å². The Morgan fingerprint density at radius 1 is 0.804 bits per heavy atom. The fraction of sp³-hybridized carbons (Fsp3) is 0.200. The maximum absolute atomic E-state index is 15.2. The molecule has 0 unspecified atom stereocenters. The summed E-state index contributed by atoms with van der Waals surface area (Å²) in [7, 11) is 0. The first-order valence-corrected chi connectivity index (χ1v) is 17.4. The summed E-state index contributed by atoms with van der Waals surface area (Å²) in [4.78, 5) is 60.3. The van der Waals surface area contributed by atoms with E-state index in [1.54, 1.807) is 24.3 Å². The molecule has 6 nitrogen and oxygen atoms in total. The third-order valence-electron chi connectivity index (χ3n) is 11.6. The molecule has 1 aliphatic heterocycles. The van der Waals surface area contributed by atoms with E-state index < -0.39 is 35.0 Å². The maximum atomic E-state index is 15.2. The van der Waals surface area contributed by atoms with Gasteiger partial charge >= 0.3 is 0 Å². The predicted octanol–water partition coefficient (Wildman–Crippen LogP) is 7.79. The van der Waals surface area contributed by atoms with Crippen LogP contribution in [0.4, 0.5) is 5.69 Å². The second-order valence-electron chi connectivity index (χ2n) is 13.9. The number of Topliss-reactive ketones (excluding diaryl/α,β-unsaturated/α-hetero) is 1. The molecule has 1 saturated heterocycles. The van der Waals surface area contributed by atoms with E-state index in [1.807, 2.05) is 97.1 Å². The van der Waals surface area contributed by atoms with Gasteiger partial charge in [-0.1, -0.05) is 121 Å². The fourth-order valence-electron chi connectivity index (χ4n) is 9.40. The first-order chi connectivity index (χ1) is 24.8. The van der Waals surface area contributed by atoms with Crippen molar-refractivity contribution in [3.05, 3.63) is 168 Å². The Hall–Kier alpha value is -5.88. The van der Waals surface area contributed by atoms with Gasteiger partial charge in [-0.05, 0) is 65.6 Å². The summed E-state index contributed by atoms with van der Waals surface area (Å²) in [5.41, 5.74) is 3.58. The Labute approximate surface area is 297 Å². The van der Waals surface area contributed by atoms with Crippen LogP contribution in [0.25, 0.3) is 11.6 Å². The summed E-state index contributed by atoms with van der Waals surface area (Å²) in [6.45, 7) is 7.69. The second kappa shape index (κ2) is 12.5. The van der Waals surface area contributed by atoms with Gasteiger partial charge < -0.3 is 5.11 Å². The molecule has 252 valence electrons. The fourth-order valence-corrected chi connectivity index (χ4v) is 9.40. The average Bonchev–Trinajstić information content (AvgIpc) is 3.42. The van der Waals surface area contributed by atoms with Gasteiger partial charge in [-0.2, -0.15) is 0 Å². The molecule has 51 heavy (non-hydrogen) atoms. The summed E-state index contributed by atoms with van der Waals surface area (Å²) in [6, 6.07) is 31.3. The van der Waals surface area contributed by atoms with Gasteiger partial charge in [-0.25, -0.2) is 0 Å². The number of carbonyl (C=O) groups is 4. The van der Waals surface area contributed by atoms with Gasteiger partial charge in [0.05, 0.1) is 22.9 Å². The molecule has 6 heteroatoms. The van der Waals surface area contributed by atoms with Gasteiger partial charge in [-0.15, -0.1) is 6.58 Å². The molecule has 1 heterocycles. The highest BCUT2D eigenvalue weighted by Crippen LogP contribution is 2.64. The molecular weight excluding hydrogens is 634 g/mol. The number of hydrogen-bond acceptors (Lipinski definition) is 5. The highest BCUT2D eigenvalue weighted by atomic mass is 16.3. The van der Waals surface area contributed by atoms with E-state index in [1.165, 1.54) is 11.0 Å². The predicted molar refractivity (Wildman–Crippen MR) is 198 cm³/mol. The molecule has 0 spiro atoms. The number of fused-ring (bicyclic) bond motifs is 4. The van der Waals surface area contributed by atoms with Crippen molar-refractivity contribution in [2.75, 3.05) is 4.90 Å². The van der Waals surface area contributed by atoms with E-state index >= 15 is 9.59 Å². The monoisotopic (exact) mass is 671 g/mol. The van der Waals surface area contributed by atoms with Crippen molar-refractivity contribution >= 4 is 40.7 Å². The zero-order valence-corrected chi connectivity index (χ0v) is 28.1. The normalized spacial score (nSPS) is 26.8. The summed E-state index contributed by atoms with van der Waals surface area (Å²) < 4.78 is 0. The number of para-hydroxylation sites is 1. The van der Waals surface area contributed by atoms with Crippen molar-refractivity contribution in [2.24, 2.45) is 23.7 Å². The van der Waals surface area contributed by atoms with E-state index in [2.05, 4.69) is 13.2 Å². The van der Waals surface area contributed by atoms with Crippen molar-refractivity contribution in [1.29, 1.82) is 0 Å². The van der Waals surface area contributed by atoms with Gasteiger partial charge in [0.2, 0.25) is 11.8 Å². The number of nitrogens with zero attached hydrogens (tertiary/aromatic N) is 1. The molecule has 0 bridgehead atoms. The zero-order valence-electron chi connectivity index (χ0n) is 28.1. The van der Waals surface area contributed by atoms with E-state index in [0.29, 0.717) is 46.4 Å². The Morgan fingerprint density at radius 3 is 2.20 bits per heavy atom. The molecule has 2 amide bonds. The van der Waals surface area contributed by atoms with E-state index in [0.717, 1.165) is 11.1 Å². The highest BCUT2D eigenvalue weighted by Gasteiger charge is 2.66. The Balaban J connectivity index is 1.36. The molecule has 4 aliphatic rings. The quantitative estimate of drug-likeness (QED) is 0.160. The number of rotatable bonds is 7. The molecule has 6 atom stereocenters. The van der Waals surface area contributed by atoms with Crippen LogP contribution in [0.15, 0.2) is 140 Å². The molecule has 0 radical (unpaired) electrons. The molecule has 4 aromatic carbocycles. The summed E-state index contributed by atoms with van der Waals surface area (Å²) >= 11 is 0. The van der Waals surface area contributed by atoms with Crippen LogP contribution in [0.2, 0.25) is 0 Å². The third kappa shape index (κ3) is 4.77. The minimum atomic E-state index is -1.41. The lowest BCUT2D eigenvalue weighted by molar-refractivity contribution is -0.135. The number of hydrogen-bond donors (Lipinski definition) is 1. The lowest BCUT2D eigenvalue weighted by Gasteiger charge is -2.55.